The zero-order chi connectivity index (χ0) is 13.1. The maximum Gasteiger partial charge on any atom is 0.280 e. The summed E-state index contributed by atoms with van der Waals surface area (Å²) in [6, 6.07) is 7.34. The molecule has 3 nitrogen and oxygen atoms in total. The molecule has 1 amide bonds. The van der Waals surface area contributed by atoms with E-state index in [0.717, 1.165) is 15.7 Å². The highest BCUT2D eigenvalue weighted by Gasteiger charge is 2.10. The lowest BCUT2D eigenvalue weighted by Crippen LogP contribution is -2.28. The first-order valence-electron chi connectivity index (χ1n) is 5.13. The van der Waals surface area contributed by atoms with Crippen molar-refractivity contribution in [2.24, 2.45) is 0 Å². The lowest BCUT2D eigenvalue weighted by atomic mass is 10.2. The monoisotopic (exact) mass is 344 g/mol. The van der Waals surface area contributed by atoms with Crippen LogP contribution in [0.4, 0.5) is 5.69 Å². The Morgan fingerprint density at radius 3 is 2.78 bits per heavy atom. The second-order valence-electron chi connectivity index (χ2n) is 3.64. The van der Waals surface area contributed by atoms with Gasteiger partial charge >= 0.3 is 0 Å². The number of carbonyl (C=O) groups excluding carboxylic acids is 1. The first-order valence-corrected chi connectivity index (χ1v) is 7.18. The second-order valence-corrected chi connectivity index (χ2v) is 5.82. The average Bonchev–Trinajstić information content (AvgIpc) is 2.77. The summed E-state index contributed by atoms with van der Waals surface area (Å²) in [5.74, 6) is -0.187. The van der Waals surface area contributed by atoms with E-state index in [2.05, 4.69) is 26.8 Å². The number of hydrazine groups is 1. The lowest BCUT2D eigenvalue weighted by molar-refractivity contribution is 0.0966. The first kappa shape index (κ1) is 13.4. The van der Waals surface area contributed by atoms with Crippen molar-refractivity contribution in [3.8, 4) is 0 Å². The Hall–Kier alpha value is -1.04. The Balaban J connectivity index is 2.02. The molecule has 6 heteroatoms. The van der Waals surface area contributed by atoms with Crippen molar-refractivity contribution in [2.75, 3.05) is 5.43 Å². The largest absolute Gasteiger partial charge is 0.298 e. The Kier molecular flexibility index (Phi) is 4.27. The summed E-state index contributed by atoms with van der Waals surface area (Å²) in [5.41, 5.74) is 7.19. The topological polar surface area (TPSA) is 41.1 Å². The van der Waals surface area contributed by atoms with Gasteiger partial charge in [-0.25, -0.2) is 0 Å². The van der Waals surface area contributed by atoms with E-state index in [1.807, 2.05) is 30.5 Å². The fraction of sp³-hybridized carbons (Fsp3) is 0.0833. The molecule has 0 saturated heterocycles. The van der Waals surface area contributed by atoms with E-state index in [-0.39, 0.29) is 5.91 Å². The van der Waals surface area contributed by atoms with Crippen molar-refractivity contribution >= 4 is 50.5 Å². The number of benzene rings is 1. The van der Waals surface area contributed by atoms with Gasteiger partial charge in [0.1, 0.15) is 4.88 Å². The number of amides is 1. The summed E-state index contributed by atoms with van der Waals surface area (Å²) in [5, 5.41) is 2.51. The van der Waals surface area contributed by atoms with Gasteiger partial charge in [-0.2, -0.15) is 0 Å². The number of anilines is 1. The van der Waals surface area contributed by atoms with Crippen LogP contribution in [-0.2, 0) is 0 Å². The van der Waals surface area contributed by atoms with Gasteiger partial charge in [0.25, 0.3) is 5.91 Å². The maximum atomic E-state index is 11.8. The number of rotatable bonds is 3. The molecule has 0 aliphatic rings. The number of nitrogens with one attached hydrogen (secondary N) is 2. The van der Waals surface area contributed by atoms with Crippen LogP contribution in [0.5, 0.6) is 0 Å². The summed E-state index contributed by atoms with van der Waals surface area (Å²) in [6.45, 7) is 1.92. The molecule has 2 rings (SSSR count). The van der Waals surface area contributed by atoms with Gasteiger partial charge in [0.15, 0.2) is 0 Å². The molecule has 1 heterocycles. The van der Waals surface area contributed by atoms with E-state index in [1.165, 1.54) is 11.3 Å². The second kappa shape index (κ2) is 5.73. The third-order valence-corrected chi connectivity index (χ3v) is 4.56. The molecule has 0 fully saturated rings. The Labute approximate surface area is 122 Å². The van der Waals surface area contributed by atoms with Crippen LogP contribution in [0.15, 0.2) is 34.1 Å². The van der Waals surface area contributed by atoms with Crippen molar-refractivity contribution in [3.63, 3.8) is 0 Å². The minimum absolute atomic E-state index is 0.187. The number of aryl methyl sites for hydroxylation is 1. The quantitative estimate of drug-likeness (QED) is 0.817. The third-order valence-electron chi connectivity index (χ3n) is 2.32. The van der Waals surface area contributed by atoms with E-state index in [1.54, 1.807) is 6.07 Å². The SMILES string of the molecule is Cc1ccc(NNC(=O)c2sccc2Br)cc1Cl. The normalized spacial score (nSPS) is 10.2. The van der Waals surface area contributed by atoms with Crippen LogP contribution in [0.25, 0.3) is 0 Å². The highest BCUT2D eigenvalue weighted by molar-refractivity contribution is 9.10. The zero-order valence-electron chi connectivity index (χ0n) is 9.46. The predicted molar refractivity (Wildman–Crippen MR) is 79.3 cm³/mol. The van der Waals surface area contributed by atoms with E-state index in [9.17, 15) is 4.79 Å². The van der Waals surface area contributed by atoms with Crippen LogP contribution in [0.3, 0.4) is 0 Å². The lowest BCUT2D eigenvalue weighted by Gasteiger charge is -2.09. The fourth-order valence-electron chi connectivity index (χ4n) is 1.31. The molecule has 2 aromatic rings. The van der Waals surface area contributed by atoms with Gasteiger partial charge in [-0.3, -0.25) is 15.6 Å². The van der Waals surface area contributed by atoms with Gasteiger partial charge in [0.2, 0.25) is 0 Å². The van der Waals surface area contributed by atoms with Gasteiger partial charge in [-0.05, 0) is 52.0 Å². The number of carbonyl (C=O) groups is 1. The molecule has 0 saturated carbocycles. The third kappa shape index (κ3) is 3.04. The molecule has 0 unspecified atom stereocenters. The van der Waals surface area contributed by atoms with Crippen molar-refractivity contribution in [2.45, 2.75) is 6.92 Å². The van der Waals surface area contributed by atoms with E-state index in [4.69, 9.17) is 11.6 Å². The average molecular weight is 346 g/mol. The summed E-state index contributed by atoms with van der Waals surface area (Å²) in [7, 11) is 0. The standard InChI is InChI=1S/C12H10BrClN2OS/c1-7-2-3-8(6-10(7)14)15-16-12(17)11-9(13)4-5-18-11/h2-6,15H,1H3,(H,16,17). The van der Waals surface area contributed by atoms with E-state index >= 15 is 0 Å². The Morgan fingerprint density at radius 2 is 2.17 bits per heavy atom. The molecule has 0 bridgehead atoms. The molecule has 0 spiro atoms. The summed E-state index contributed by atoms with van der Waals surface area (Å²) in [4.78, 5) is 12.5. The zero-order valence-corrected chi connectivity index (χ0v) is 12.6. The highest BCUT2D eigenvalue weighted by atomic mass is 79.9. The molecule has 0 atom stereocenters. The Morgan fingerprint density at radius 1 is 1.39 bits per heavy atom. The summed E-state index contributed by atoms with van der Waals surface area (Å²) >= 11 is 10.7. The summed E-state index contributed by atoms with van der Waals surface area (Å²) < 4.78 is 0.786. The van der Waals surface area contributed by atoms with Gasteiger partial charge < -0.3 is 0 Å². The smallest absolute Gasteiger partial charge is 0.280 e. The fourth-order valence-corrected chi connectivity index (χ4v) is 2.94. The molecule has 1 aromatic carbocycles. The predicted octanol–water partition coefficient (Wildman–Crippen LogP) is 4.23. The number of hydrogen-bond acceptors (Lipinski definition) is 3. The summed E-state index contributed by atoms with van der Waals surface area (Å²) in [6.07, 6.45) is 0. The molecule has 94 valence electrons. The molecule has 2 N–H and O–H groups in total. The first-order chi connectivity index (χ1) is 8.58. The van der Waals surface area contributed by atoms with Crippen LogP contribution in [0.2, 0.25) is 5.02 Å². The molecular weight excluding hydrogens is 336 g/mol. The highest BCUT2D eigenvalue weighted by Crippen LogP contribution is 2.23. The van der Waals surface area contributed by atoms with Crippen LogP contribution >= 0.6 is 38.9 Å². The number of halogens is 2. The number of hydrogen-bond donors (Lipinski definition) is 2. The van der Waals surface area contributed by atoms with E-state index < -0.39 is 0 Å². The molecule has 1 aromatic heterocycles. The Bertz CT molecular complexity index is 585. The molecule has 18 heavy (non-hydrogen) atoms. The van der Waals surface area contributed by atoms with Crippen molar-refractivity contribution in [3.05, 3.63) is 49.6 Å². The minimum Gasteiger partial charge on any atom is -0.298 e. The maximum absolute atomic E-state index is 11.8. The van der Waals surface area contributed by atoms with Crippen molar-refractivity contribution < 1.29 is 4.79 Å². The molecular formula is C12H10BrClN2OS. The van der Waals surface area contributed by atoms with Crippen LogP contribution in [0.1, 0.15) is 15.2 Å². The van der Waals surface area contributed by atoms with Gasteiger partial charge in [-0.1, -0.05) is 17.7 Å². The minimum atomic E-state index is -0.187. The number of thiophene rings is 1. The van der Waals surface area contributed by atoms with Crippen LogP contribution in [-0.4, -0.2) is 5.91 Å². The van der Waals surface area contributed by atoms with Gasteiger partial charge in [0.05, 0.1) is 5.69 Å². The molecule has 0 aliphatic carbocycles. The van der Waals surface area contributed by atoms with Crippen LogP contribution < -0.4 is 10.9 Å². The van der Waals surface area contributed by atoms with Crippen molar-refractivity contribution in [1.82, 2.24) is 5.43 Å². The van der Waals surface area contributed by atoms with Crippen molar-refractivity contribution in [1.29, 1.82) is 0 Å². The van der Waals surface area contributed by atoms with Gasteiger partial charge in [0, 0.05) is 9.50 Å². The van der Waals surface area contributed by atoms with Crippen LogP contribution in [0, 0.1) is 6.92 Å². The molecule has 0 radical (unpaired) electrons. The van der Waals surface area contributed by atoms with Gasteiger partial charge in [-0.15, -0.1) is 11.3 Å². The molecule has 0 aliphatic heterocycles. The van der Waals surface area contributed by atoms with E-state index in [0.29, 0.717) is 9.90 Å².